The van der Waals surface area contributed by atoms with Crippen LogP contribution in [0.5, 0.6) is 0 Å². The van der Waals surface area contributed by atoms with Crippen molar-refractivity contribution in [1.82, 2.24) is 0 Å². The Morgan fingerprint density at radius 3 is 2.32 bits per heavy atom. The SMILES string of the molecule is O=C(O)c1cc(Cl)ccc1NS(=O)(=O)c1ccc(-c2cccc(F)c2F)cc1. The van der Waals surface area contributed by atoms with E-state index >= 15 is 0 Å². The predicted molar refractivity (Wildman–Crippen MR) is 101 cm³/mol. The van der Waals surface area contributed by atoms with E-state index in [1.807, 2.05) is 0 Å². The number of nitrogens with one attached hydrogen (secondary N) is 1. The first-order chi connectivity index (χ1) is 13.2. The summed E-state index contributed by atoms with van der Waals surface area (Å²) in [6.07, 6.45) is 0. The maximum absolute atomic E-state index is 13.9. The molecule has 0 saturated carbocycles. The summed E-state index contributed by atoms with van der Waals surface area (Å²) in [5, 5.41) is 9.35. The summed E-state index contributed by atoms with van der Waals surface area (Å²) in [5.74, 6) is -3.40. The molecule has 2 N–H and O–H groups in total. The van der Waals surface area contributed by atoms with Gasteiger partial charge >= 0.3 is 5.97 Å². The van der Waals surface area contributed by atoms with Gasteiger partial charge in [-0.05, 0) is 42.0 Å². The van der Waals surface area contributed by atoms with Crippen LogP contribution < -0.4 is 4.72 Å². The van der Waals surface area contributed by atoms with E-state index in [1.165, 1.54) is 48.5 Å². The number of carboxylic acids is 1. The summed E-state index contributed by atoms with van der Waals surface area (Å²) in [5.41, 5.74) is -0.192. The van der Waals surface area contributed by atoms with Gasteiger partial charge in [-0.1, -0.05) is 35.9 Å². The van der Waals surface area contributed by atoms with Crippen LogP contribution in [0.4, 0.5) is 14.5 Å². The third-order valence-electron chi connectivity index (χ3n) is 3.88. The summed E-state index contributed by atoms with van der Waals surface area (Å²) >= 11 is 5.75. The van der Waals surface area contributed by atoms with Crippen LogP contribution in [0.1, 0.15) is 10.4 Å². The number of aromatic carboxylic acids is 1. The van der Waals surface area contributed by atoms with E-state index in [1.54, 1.807) is 0 Å². The van der Waals surface area contributed by atoms with E-state index < -0.39 is 27.6 Å². The number of hydrogen-bond donors (Lipinski definition) is 2. The van der Waals surface area contributed by atoms with Gasteiger partial charge in [0, 0.05) is 10.6 Å². The van der Waals surface area contributed by atoms with Crippen molar-refractivity contribution in [3.8, 4) is 11.1 Å². The highest BCUT2D eigenvalue weighted by Crippen LogP contribution is 2.27. The molecule has 0 spiro atoms. The lowest BCUT2D eigenvalue weighted by Crippen LogP contribution is -2.15. The molecule has 3 rings (SSSR count). The van der Waals surface area contributed by atoms with E-state index in [2.05, 4.69) is 4.72 Å². The highest BCUT2D eigenvalue weighted by molar-refractivity contribution is 7.92. The molecule has 9 heteroatoms. The molecule has 0 radical (unpaired) electrons. The Balaban J connectivity index is 1.94. The molecule has 5 nitrogen and oxygen atoms in total. The number of anilines is 1. The van der Waals surface area contributed by atoms with Gasteiger partial charge in [-0.15, -0.1) is 0 Å². The Morgan fingerprint density at radius 1 is 1.00 bits per heavy atom. The monoisotopic (exact) mass is 423 g/mol. The molecule has 3 aromatic carbocycles. The molecule has 144 valence electrons. The van der Waals surface area contributed by atoms with Gasteiger partial charge < -0.3 is 5.11 Å². The van der Waals surface area contributed by atoms with Crippen molar-refractivity contribution in [2.75, 3.05) is 4.72 Å². The van der Waals surface area contributed by atoms with E-state index in [0.29, 0.717) is 0 Å². The molecule has 3 aromatic rings. The second kappa shape index (κ2) is 7.57. The van der Waals surface area contributed by atoms with Gasteiger partial charge in [0.1, 0.15) is 0 Å². The minimum Gasteiger partial charge on any atom is -0.478 e. The third-order valence-corrected chi connectivity index (χ3v) is 5.50. The molecule has 0 saturated heterocycles. The molecule has 0 bridgehead atoms. The van der Waals surface area contributed by atoms with Gasteiger partial charge in [0.25, 0.3) is 10.0 Å². The molecule has 0 amide bonds. The molecule has 0 aliphatic carbocycles. The first kappa shape index (κ1) is 19.8. The molecule has 28 heavy (non-hydrogen) atoms. The summed E-state index contributed by atoms with van der Waals surface area (Å²) in [4.78, 5) is 11.1. The van der Waals surface area contributed by atoms with E-state index in [0.717, 1.165) is 12.1 Å². The number of carboxylic acid groups (broad SMARTS) is 1. The number of hydrogen-bond acceptors (Lipinski definition) is 3. The quantitative estimate of drug-likeness (QED) is 0.618. The molecule has 0 aromatic heterocycles. The van der Waals surface area contributed by atoms with Crippen molar-refractivity contribution in [1.29, 1.82) is 0 Å². The van der Waals surface area contributed by atoms with Crippen LogP contribution in [0.3, 0.4) is 0 Å². The number of benzene rings is 3. The number of rotatable bonds is 5. The Labute approximate surface area is 164 Å². The standard InChI is InChI=1S/C19H12ClF2NO4S/c20-12-6-9-17(15(10-12)19(24)25)23-28(26,27)13-7-4-11(5-8-13)14-2-1-3-16(21)18(14)22/h1-10,23H,(H,24,25). The second-order valence-electron chi connectivity index (χ2n) is 5.73. The zero-order chi connectivity index (χ0) is 20.5. The Bertz CT molecular complexity index is 1170. The van der Waals surface area contributed by atoms with Crippen LogP contribution in [0.25, 0.3) is 11.1 Å². The minimum absolute atomic E-state index is 0.0113. The highest BCUT2D eigenvalue weighted by atomic mass is 35.5. The van der Waals surface area contributed by atoms with Crippen molar-refractivity contribution >= 4 is 33.3 Å². The van der Waals surface area contributed by atoms with Gasteiger partial charge in [0.15, 0.2) is 11.6 Å². The van der Waals surface area contributed by atoms with E-state index in [4.69, 9.17) is 11.6 Å². The number of halogens is 3. The van der Waals surface area contributed by atoms with E-state index in [9.17, 15) is 27.1 Å². The lowest BCUT2D eigenvalue weighted by atomic mass is 10.1. The van der Waals surface area contributed by atoms with Gasteiger partial charge in [0.2, 0.25) is 0 Å². The molecule has 0 unspecified atom stereocenters. The lowest BCUT2D eigenvalue weighted by Gasteiger charge is -2.12. The van der Waals surface area contributed by atoms with Crippen molar-refractivity contribution in [2.45, 2.75) is 4.90 Å². The molecule has 0 aliphatic heterocycles. The maximum atomic E-state index is 13.9. The first-order valence-corrected chi connectivity index (χ1v) is 9.65. The lowest BCUT2D eigenvalue weighted by molar-refractivity contribution is 0.0698. The van der Waals surface area contributed by atoms with Crippen molar-refractivity contribution < 1.29 is 27.1 Å². The topological polar surface area (TPSA) is 83.5 Å². The maximum Gasteiger partial charge on any atom is 0.337 e. The van der Waals surface area contributed by atoms with Gasteiger partial charge in [0.05, 0.1) is 16.1 Å². The van der Waals surface area contributed by atoms with Crippen LogP contribution in [0.15, 0.2) is 65.6 Å². The summed E-state index contributed by atoms with van der Waals surface area (Å²) in [6, 6.07) is 12.5. The average molecular weight is 424 g/mol. The molecule has 0 fully saturated rings. The fourth-order valence-corrected chi connectivity index (χ4v) is 3.78. The first-order valence-electron chi connectivity index (χ1n) is 7.79. The highest BCUT2D eigenvalue weighted by Gasteiger charge is 2.19. The number of sulfonamides is 1. The Kier molecular flexibility index (Phi) is 5.35. The van der Waals surface area contributed by atoms with Crippen LogP contribution in [0, 0.1) is 11.6 Å². The van der Waals surface area contributed by atoms with Crippen LogP contribution in [0.2, 0.25) is 5.02 Å². The molecule has 0 aliphatic rings. The third kappa shape index (κ3) is 3.97. The van der Waals surface area contributed by atoms with Crippen LogP contribution in [-0.2, 0) is 10.0 Å². The van der Waals surface area contributed by atoms with E-state index in [-0.39, 0.29) is 32.3 Å². The second-order valence-corrected chi connectivity index (χ2v) is 7.85. The van der Waals surface area contributed by atoms with Crippen molar-refractivity contribution in [3.05, 3.63) is 82.9 Å². The summed E-state index contributed by atoms with van der Waals surface area (Å²) in [7, 11) is -4.12. The van der Waals surface area contributed by atoms with Gasteiger partial charge in [-0.25, -0.2) is 22.0 Å². The Hall–Kier alpha value is -2.97. The van der Waals surface area contributed by atoms with Crippen molar-refractivity contribution in [3.63, 3.8) is 0 Å². The molecule has 0 atom stereocenters. The zero-order valence-corrected chi connectivity index (χ0v) is 15.6. The van der Waals surface area contributed by atoms with Crippen LogP contribution >= 0.6 is 11.6 Å². The average Bonchev–Trinajstić information content (AvgIpc) is 2.65. The molecular weight excluding hydrogens is 412 g/mol. The fraction of sp³-hybridized carbons (Fsp3) is 0. The number of carbonyl (C=O) groups is 1. The Morgan fingerprint density at radius 2 is 1.68 bits per heavy atom. The fourth-order valence-electron chi connectivity index (χ4n) is 2.53. The van der Waals surface area contributed by atoms with Crippen LogP contribution in [-0.4, -0.2) is 19.5 Å². The zero-order valence-electron chi connectivity index (χ0n) is 14.0. The molecular formula is C19H12ClF2NO4S. The summed E-state index contributed by atoms with van der Waals surface area (Å²) < 4.78 is 54.6. The largest absolute Gasteiger partial charge is 0.478 e. The molecule has 0 heterocycles. The minimum atomic E-state index is -4.12. The smallest absolute Gasteiger partial charge is 0.337 e. The predicted octanol–water partition coefficient (Wildman–Crippen LogP) is 4.78. The summed E-state index contributed by atoms with van der Waals surface area (Å²) in [6.45, 7) is 0. The normalized spacial score (nSPS) is 11.2. The van der Waals surface area contributed by atoms with Gasteiger partial charge in [-0.3, -0.25) is 4.72 Å². The van der Waals surface area contributed by atoms with Crippen molar-refractivity contribution in [2.24, 2.45) is 0 Å². The van der Waals surface area contributed by atoms with Gasteiger partial charge in [-0.2, -0.15) is 0 Å².